The third kappa shape index (κ3) is 4.10. The zero-order chi connectivity index (χ0) is 11.1. The molecule has 5 heteroatoms. The molecule has 1 heterocycles. The number of esters is 1. The summed E-state index contributed by atoms with van der Waals surface area (Å²) in [5.41, 5.74) is 0.341. The Hall–Kier alpha value is -0.740. The first-order valence-corrected chi connectivity index (χ1v) is 6.03. The maximum atomic E-state index is 11.2. The molecule has 0 atom stereocenters. The fraction of sp³-hybridized carbons (Fsp3) is 0.400. The first-order chi connectivity index (χ1) is 7.27. The molecule has 1 aromatic heterocycles. The smallest absolute Gasteiger partial charge is 0.356 e. The van der Waals surface area contributed by atoms with Gasteiger partial charge in [0.2, 0.25) is 0 Å². The quantitative estimate of drug-likeness (QED) is 0.346. The third-order valence-electron chi connectivity index (χ3n) is 1.67. The number of hydrogen-bond acceptors (Lipinski definition) is 4. The number of ether oxygens (including phenoxy) is 1. The van der Waals surface area contributed by atoms with Crippen LogP contribution in [0, 0.1) is 0 Å². The lowest BCUT2D eigenvalue weighted by molar-refractivity contribution is 0.0593. The van der Waals surface area contributed by atoms with Gasteiger partial charge >= 0.3 is 5.97 Å². The van der Waals surface area contributed by atoms with Crippen molar-refractivity contribution in [1.29, 1.82) is 0 Å². The summed E-state index contributed by atoms with van der Waals surface area (Å²) in [4.78, 5) is 16.1. The monoisotopic (exact) mass is 245 g/mol. The van der Waals surface area contributed by atoms with E-state index in [2.05, 4.69) is 9.72 Å². The van der Waals surface area contributed by atoms with E-state index in [4.69, 9.17) is 11.6 Å². The summed E-state index contributed by atoms with van der Waals surface area (Å²) in [7, 11) is 1.34. The van der Waals surface area contributed by atoms with Crippen LogP contribution in [0.25, 0.3) is 0 Å². The van der Waals surface area contributed by atoms with E-state index in [1.807, 2.05) is 6.07 Å². The molecule has 0 aromatic carbocycles. The summed E-state index contributed by atoms with van der Waals surface area (Å²) < 4.78 is 4.59. The van der Waals surface area contributed by atoms with E-state index in [0.29, 0.717) is 11.6 Å². The zero-order valence-electron chi connectivity index (χ0n) is 8.40. The van der Waals surface area contributed by atoms with Gasteiger partial charge in [0, 0.05) is 17.0 Å². The number of carbonyl (C=O) groups excluding carboxylic acids is 1. The van der Waals surface area contributed by atoms with Crippen LogP contribution in [0.1, 0.15) is 16.9 Å². The Morgan fingerprint density at radius 2 is 2.47 bits per heavy atom. The number of thioether (sulfide) groups is 1. The highest BCUT2D eigenvalue weighted by Gasteiger charge is 2.07. The van der Waals surface area contributed by atoms with Crippen molar-refractivity contribution < 1.29 is 9.53 Å². The number of nitrogens with zero attached hydrogens (tertiary/aromatic N) is 1. The molecule has 0 saturated carbocycles. The maximum Gasteiger partial charge on any atom is 0.356 e. The van der Waals surface area contributed by atoms with Crippen molar-refractivity contribution in [3.05, 3.63) is 24.0 Å². The minimum absolute atomic E-state index is 0.341. The van der Waals surface area contributed by atoms with E-state index in [0.717, 1.165) is 17.1 Å². The van der Waals surface area contributed by atoms with E-state index in [1.54, 1.807) is 24.0 Å². The van der Waals surface area contributed by atoms with Crippen LogP contribution in [-0.4, -0.2) is 29.7 Å². The molecule has 0 spiro atoms. The van der Waals surface area contributed by atoms with Crippen molar-refractivity contribution >= 4 is 29.3 Å². The Labute approximate surface area is 98.2 Å². The van der Waals surface area contributed by atoms with Crippen LogP contribution in [0.4, 0.5) is 0 Å². The van der Waals surface area contributed by atoms with Gasteiger partial charge < -0.3 is 4.74 Å². The molecule has 0 bridgehead atoms. The number of halogens is 1. The van der Waals surface area contributed by atoms with Crippen molar-refractivity contribution in [1.82, 2.24) is 4.98 Å². The molecule has 0 N–H and O–H groups in total. The van der Waals surface area contributed by atoms with Gasteiger partial charge in [-0.2, -0.15) is 0 Å². The lowest BCUT2D eigenvalue weighted by Crippen LogP contribution is -2.03. The standard InChI is InChI=1S/C10H12ClNO2S/c1-14-10(13)9-7-8(3-5-12-9)15-6-2-4-11/h3,5,7H,2,4,6H2,1H3. The van der Waals surface area contributed by atoms with Gasteiger partial charge in [-0.15, -0.1) is 23.4 Å². The highest BCUT2D eigenvalue weighted by molar-refractivity contribution is 7.99. The second-order valence-corrected chi connectivity index (χ2v) is 4.31. The molecule has 82 valence electrons. The van der Waals surface area contributed by atoms with Gasteiger partial charge in [-0.05, 0) is 24.3 Å². The molecule has 0 amide bonds. The lowest BCUT2D eigenvalue weighted by Gasteiger charge is -2.02. The van der Waals surface area contributed by atoms with Gasteiger partial charge in [0.1, 0.15) is 5.69 Å². The predicted octanol–water partition coefficient (Wildman–Crippen LogP) is 2.59. The SMILES string of the molecule is COC(=O)c1cc(SCCCCl)ccn1. The van der Waals surface area contributed by atoms with E-state index in [1.165, 1.54) is 7.11 Å². The minimum Gasteiger partial charge on any atom is -0.464 e. The Bertz CT molecular complexity index is 333. The number of hydrogen-bond donors (Lipinski definition) is 0. The Morgan fingerprint density at radius 3 is 3.13 bits per heavy atom. The number of pyridine rings is 1. The first-order valence-electron chi connectivity index (χ1n) is 4.51. The van der Waals surface area contributed by atoms with Crippen LogP contribution in [-0.2, 0) is 4.74 Å². The van der Waals surface area contributed by atoms with E-state index >= 15 is 0 Å². The number of carbonyl (C=O) groups is 1. The normalized spacial score (nSPS) is 10.0. The second-order valence-electron chi connectivity index (χ2n) is 2.76. The zero-order valence-corrected chi connectivity index (χ0v) is 9.98. The van der Waals surface area contributed by atoms with E-state index in [-0.39, 0.29) is 0 Å². The lowest BCUT2D eigenvalue weighted by atomic mass is 10.3. The number of rotatable bonds is 5. The topological polar surface area (TPSA) is 39.2 Å². The predicted molar refractivity (Wildman–Crippen MR) is 61.6 cm³/mol. The summed E-state index contributed by atoms with van der Waals surface area (Å²) >= 11 is 7.23. The van der Waals surface area contributed by atoms with Gasteiger partial charge in [0.15, 0.2) is 0 Å². The Kier molecular flexibility index (Phi) is 5.50. The second kappa shape index (κ2) is 6.69. The summed E-state index contributed by atoms with van der Waals surface area (Å²) in [6.07, 6.45) is 2.55. The van der Waals surface area contributed by atoms with E-state index < -0.39 is 5.97 Å². The largest absolute Gasteiger partial charge is 0.464 e. The van der Waals surface area contributed by atoms with Crippen LogP contribution in [0.3, 0.4) is 0 Å². The molecule has 0 radical (unpaired) electrons. The summed E-state index contributed by atoms with van der Waals surface area (Å²) in [5.74, 6) is 1.19. The molecular weight excluding hydrogens is 234 g/mol. The fourth-order valence-electron chi connectivity index (χ4n) is 0.962. The molecule has 3 nitrogen and oxygen atoms in total. The van der Waals surface area contributed by atoms with Crippen LogP contribution in [0.5, 0.6) is 0 Å². The third-order valence-corrected chi connectivity index (χ3v) is 3.02. The molecule has 0 aliphatic rings. The molecule has 0 aliphatic carbocycles. The van der Waals surface area contributed by atoms with Crippen molar-refractivity contribution in [3.8, 4) is 0 Å². The average molecular weight is 246 g/mol. The van der Waals surface area contributed by atoms with Crippen molar-refractivity contribution in [2.24, 2.45) is 0 Å². The summed E-state index contributed by atoms with van der Waals surface area (Å²) in [5, 5.41) is 0. The van der Waals surface area contributed by atoms with Crippen LogP contribution in [0.15, 0.2) is 23.2 Å². The van der Waals surface area contributed by atoms with E-state index in [9.17, 15) is 4.79 Å². The number of aromatic nitrogens is 1. The van der Waals surface area contributed by atoms with Gasteiger partial charge in [-0.3, -0.25) is 0 Å². The van der Waals surface area contributed by atoms with Crippen LogP contribution in [0.2, 0.25) is 0 Å². The molecule has 15 heavy (non-hydrogen) atoms. The summed E-state index contributed by atoms with van der Waals surface area (Å²) in [6.45, 7) is 0. The van der Waals surface area contributed by atoms with Crippen LogP contribution < -0.4 is 0 Å². The maximum absolute atomic E-state index is 11.2. The van der Waals surface area contributed by atoms with Crippen molar-refractivity contribution in [2.75, 3.05) is 18.7 Å². The number of alkyl halides is 1. The van der Waals surface area contributed by atoms with Gasteiger partial charge in [-0.25, -0.2) is 9.78 Å². The van der Waals surface area contributed by atoms with Crippen molar-refractivity contribution in [2.45, 2.75) is 11.3 Å². The Morgan fingerprint density at radius 1 is 1.67 bits per heavy atom. The number of methoxy groups -OCH3 is 1. The summed E-state index contributed by atoms with van der Waals surface area (Å²) in [6, 6.07) is 3.59. The van der Waals surface area contributed by atoms with Gasteiger partial charge in [0.05, 0.1) is 7.11 Å². The van der Waals surface area contributed by atoms with Crippen molar-refractivity contribution in [3.63, 3.8) is 0 Å². The minimum atomic E-state index is -0.408. The molecule has 1 rings (SSSR count). The fourth-order valence-corrected chi connectivity index (χ4v) is 2.13. The molecule has 0 saturated heterocycles. The Balaban J connectivity index is 2.62. The molecular formula is C10H12ClNO2S. The highest BCUT2D eigenvalue weighted by Crippen LogP contribution is 2.19. The molecule has 0 fully saturated rings. The molecule has 0 unspecified atom stereocenters. The average Bonchev–Trinajstić information content (AvgIpc) is 2.29. The van der Waals surface area contributed by atoms with Gasteiger partial charge in [-0.1, -0.05) is 0 Å². The van der Waals surface area contributed by atoms with Crippen LogP contribution >= 0.6 is 23.4 Å². The molecule has 0 aliphatic heterocycles. The highest BCUT2D eigenvalue weighted by atomic mass is 35.5. The first kappa shape index (κ1) is 12.3. The molecule has 1 aromatic rings. The van der Waals surface area contributed by atoms with Gasteiger partial charge in [0.25, 0.3) is 0 Å².